The molecule has 0 spiro atoms. The molecule has 2 aromatic rings. The number of aryl methyl sites for hydroxylation is 1. The fraction of sp³-hybridized carbons (Fsp3) is 0.350. The van der Waals surface area contributed by atoms with E-state index in [4.69, 9.17) is 9.15 Å². The molecule has 0 radical (unpaired) electrons. The molecule has 7 heteroatoms. The van der Waals surface area contributed by atoms with E-state index in [-0.39, 0.29) is 29.8 Å². The second kappa shape index (κ2) is 6.57. The molecule has 140 valence electrons. The van der Waals surface area contributed by atoms with Crippen molar-refractivity contribution < 1.29 is 18.7 Å². The van der Waals surface area contributed by atoms with Crippen LogP contribution < -0.4 is 5.43 Å². The van der Waals surface area contributed by atoms with Gasteiger partial charge in [0.2, 0.25) is 0 Å². The summed E-state index contributed by atoms with van der Waals surface area (Å²) in [7, 11) is 0. The number of hydrogen-bond acceptors (Lipinski definition) is 5. The Hall–Kier alpha value is -3.09. The second-order valence-corrected chi connectivity index (χ2v) is 7.09. The fourth-order valence-electron chi connectivity index (χ4n) is 3.88. The van der Waals surface area contributed by atoms with Crippen molar-refractivity contribution in [3.8, 4) is 0 Å². The van der Waals surface area contributed by atoms with Crippen LogP contribution in [-0.4, -0.2) is 53.6 Å². The number of ether oxygens (including phenoxy) is 1. The molecular weight excluding hydrogens is 348 g/mol. The molecule has 1 atom stereocenters. The molecule has 0 aliphatic carbocycles. The number of piperazine rings is 1. The van der Waals surface area contributed by atoms with E-state index < -0.39 is 5.54 Å². The normalized spacial score (nSPS) is 21.7. The van der Waals surface area contributed by atoms with Gasteiger partial charge >= 0.3 is 6.09 Å². The van der Waals surface area contributed by atoms with Crippen molar-refractivity contribution in [1.82, 2.24) is 9.80 Å². The Morgan fingerprint density at radius 2 is 1.93 bits per heavy atom. The van der Waals surface area contributed by atoms with Gasteiger partial charge < -0.3 is 14.1 Å². The first kappa shape index (κ1) is 17.3. The van der Waals surface area contributed by atoms with Gasteiger partial charge in [0.15, 0.2) is 11.2 Å². The quantitative estimate of drug-likeness (QED) is 0.826. The minimum absolute atomic E-state index is 0.0218. The molecular formula is C20H20N2O5. The van der Waals surface area contributed by atoms with Crippen molar-refractivity contribution in [1.29, 1.82) is 0 Å². The zero-order valence-electron chi connectivity index (χ0n) is 15.0. The number of amides is 2. The number of benzene rings is 1. The Morgan fingerprint density at radius 3 is 2.67 bits per heavy atom. The summed E-state index contributed by atoms with van der Waals surface area (Å²) in [4.78, 5) is 40.2. The lowest BCUT2D eigenvalue weighted by Crippen LogP contribution is -2.63. The lowest BCUT2D eigenvalue weighted by atomic mass is 9.88. The molecule has 1 aromatic heterocycles. The number of nitrogens with zero attached hydrogens (tertiary/aromatic N) is 2. The Kier molecular flexibility index (Phi) is 4.22. The average Bonchev–Trinajstić information content (AvgIpc) is 2.97. The predicted molar refractivity (Wildman–Crippen MR) is 96.5 cm³/mol. The lowest BCUT2D eigenvalue weighted by molar-refractivity contribution is 0.0349. The van der Waals surface area contributed by atoms with E-state index in [0.29, 0.717) is 31.8 Å². The van der Waals surface area contributed by atoms with Crippen LogP contribution >= 0.6 is 0 Å². The molecule has 1 unspecified atom stereocenters. The average molecular weight is 368 g/mol. The smallest absolute Gasteiger partial charge is 0.410 e. The molecule has 3 heterocycles. The number of rotatable bonds is 3. The topological polar surface area (TPSA) is 80.1 Å². The van der Waals surface area contributed by atoms with Crippen LogP contribution in [0.15, 0.2) is 51.7 Å². The highest BCUT2D eigenvalue weighted by molar-refractivity contribution is 5.91. The maximum Gasteiger partial charge on any atom is 0.410 e. The minimum atomic E-state index is -0.615. The Morgan fingerprint density at radius 1 is 1.15 bits per heavy atom. The third-order valence-electron chi connectivity index (χ3n) is 5.10. The third-order valence-corrected chi connectivity index (χ3v) is 5.10. The van der Waals surface area contributed by atoms with Crippen LogP contribution in [0.4, 0.5) is 4.79 Å². The van der Waals surface area contributed by atoms with Gasteiger partial charge in [-0.2, -0.15) is 0 Å². The molecule has 0 saturated carbocycles. The fourth-order valence-corrected chi connectivity index (χ4v) is 3.88. The molecule has 27 heavy (non-hydrogen) atoms. The van der Waals surface area contributed by atoms with Crippen LogP contribution in [0.5, 0.6) is 0 Å². The molecule has 0 bridgehead atoms. The van der Waals surface area contributed by atoms with E-state index in [1.165, 1.54) is 12.1 Å². The maximum atomic E-state index is 12.9. The predicted octanol–water partition coefficient (Wildman–Crippen LogP) is 1.84. The van der Waals surface area contributed by atoms with Crippen LogP contribution in [-0.2, 0) is 11.2 Å². The van der Waals surface area contributed by atoms with Crippen molar-refractivity contribution in [2.24, 2.45) is 0 Å². The summed E-state index contributed by atoms with van der Waals surface area (Å²) in [6.07, 6.45) is 0.237. The number of carbonyl (C=O) groups excluding carboxylic acids is 2. The molecule has 1 aromatic carbocycles. The van der Waals surface area contributed by atoms with Gasteiger partial charge in [0.1, 0.15) is 17.9 Å². The van der Waals surface area contributed by atoms with Crippen molar-refractivity contribution >= 4 is 12.0 Å². The first-order chi connectivity index (χ1) is 13.0. The second-order valence-electron chi connectivity index (χ2n) is 7.09. The molecule has 2 amide bonds. The van der Waals surface area contributed by atoms with Gasteiger partial charge in [-0.1, -0.05) is 30.3 Å². The molecule has 2 fully saturated rings. The minimum Gasteiger partial charge on any atom is -0.456 e. The summed E-state index contributed by atoms with van der Waals surface area (Å²) in [5.41, 5.74) is 0.188. The zero-order valence-corrected chi connectivity index (χ0v) is 15.0. The van der Waals surface area contributed by atoms with Crippen molar-refractivity contribution in [3.63, 3.8) is 0 Å². The summed E-state index contributed by atoms with van der Waals surface area (Å²) < 4.78 is 10.8. The third kappa shape index (κ3) is 3.20. The Bertz CT molecular complexity index is 939. The highest BCUT2D eigenvalue weighted by Gasteiger charge is 2.51. The largest absolute Gasteiger partial charge is 0.456 e. The summed E-state index contributed by atoms with van der Waals surface area (Å²) in [5, 5.41) is 0. The summed E-state index contributed by atoms with van der Waals surface area (Å²) in [5.74, 6) is 0.0682. The molecule has 0 N–H and O–H groups in total. The molecule has 7 nitrogen and oxygen atoms in total. The van der Waals surface area contributed by atoms with Crippen LogP contribution in [0.2, 0.25) is 0 Å². The Labute approximate surface area is 156 Å². The van der Waals surface area contributed by atoms with Crippen molar-refractivity contribution in [3.05, 3.63) is 69.8 Å². The summed E-state index contributed by atoms with van der Waals surface area (Å²) in [6, 6.07) is 12.4. The number of carbonyl (C=O) groups is 2. The van der Waals surface area contributed by atoms with Crippen LogP contribution in [0, 0.1) is 6.92 Å². The van der Waals surface area contributed by atoms with E-state index >= 15 is 0 Å². The highest BCUT2D eigenvalue weighted by Crippen LogP contribution is 2.32. The van der Waals surface area contributed by atoms with Gasteiger partial charge in [-0.25, -0.2) is 4.79 Å². The van der Waals surface area contributed by atoms with Crippen LogP contribution in [0.25, 0.3) is 0 Å². The van der Waals surface area contributed by atoms with Gasteiger partial charge in [-0.05, 0) is 12.5 Å². The first-order valence-electron chi connectivity index (χ1n) is 8.86. The van der Waals surface area contributed by atoms with Crippen molar-refractivity contribution in [2.75, 3.05) is 26.2 Å². The lowest BCUT2D eigenvalue weighted by Gasteiger charge is -2.44. The number of fused-ring (bicyclic) bond motifs is 1. The zero-order chi connectivity index (χ0) is 19.0. The number of hydrogen-bond donors (Lipinski definition) is 0. The molecule has 2 saturated heterocycles. The molecule has 4 rings (SSSR count). The van der Waals surface area contributed by atoms with Crippen LogP contribution in [0.3, 0.4) is 0 Å². The maximum absolute atomic E-state index is 12.9. The van der Waals surface area contributed by atoms with Gasteiger partial charge in [0.25, 0.3) is 5.91 Å². The molecule has 2 aliphatic rings. The highest BCUT2D eigenvalue weighted by atomic mass is 16.6. The monoisotopic (exact) mass is 368 g/mol. The molecule has 2 aliphatic heterocycles. The van der Waals surface area contributed by atoms with E-state index in [1.807, 2.05) is 30.3 Å². The van der Waals surface area contributed by atoms with Gasteiger partial charge in [-0.15, -0.1) is 0 Å². The standard InChI is InChI=1S/C20H20N2O5/c1-14-9-16(23)10-17(27-14)18(24)21-7-8-22-19(25)26-13-20(22,12-21)11-15-5-3-2-4-6-15/h2-6,9-10H,7-8,11-13H2,1H3. The Balaban J connectivity index is 1.63. The number of cyclic esters (lactones) is 1. The van der Waals surface area contributed by atoms with Gasteiger partial charge in [-0.3, -0.25) is 14.5 Å². The summed E-state index contributed by atoms with van der Waals surface area (Å²) >= 11 is 0. The van der Waals surface area contributed by atoms with Crippen LogP contribution in [0.1, 0.15) is 21.9 Å². The first-order valence-corrected chi connectivity index (χ1v) is 8.86. The van der Waals surface area contributed by atoms with E-state index in [9.17, 15) is 14.4 Å². The summed E-state index contributed by atoms with van der Waals surface area (Å²) in [6.45, 7) is 2.93. The van der Waals surface area contributed by atoms with E-state index in [1.54, 1.807) is 16.7 Å². The van der Waals surface area contributed by atoms with E-state index in [0.717, 1.165) is 5.56 Å². The SMILES string of the molecule is Cc1cc(=O)cc(C(=O)N2CCN3C(=O)OCC3(Cc3ccccc3)C2)o1. The van der Waals surface area contributed by atoms with E-state index in [2.05, 4.69) is 0 Å². The van der Waals surface area contributed by atoms with Gasteiger partial charge in [0.05, 0.1) is 0 Å². The van der Waals surface area contributed by atoms with Crippen molar-refractivity contribution in [2.45, 2.75) is 18.9 Å². The van der Waals surface area contributed by atoms with Gasteiger partial charge in [0, 0.05) is 38.2 Å².